The van der Waals surface area contributed by atoms with Gasteiger partial charge in [0.25, 0.3) is 0 Å². The Labute approximate surface area is 185 Å². The normalized spacial score (nSPS) is 16.3. The Kier molecular flexibility index (Phi) is 4.81. The third kappa shape index (κ3) is 3.61. The smallest absolute Gasteiger partial charge is 0.138 e. The second-order valence-electron chi connectivity index (χ2n) is 8.29. The second kappa shape index (κ2) is 8.09. The number of benzene rings is 1. The molecule has 6 rings (SSSR count). The number of hydrogen-bond donors (Lipinski definition) is 3. The van der Waals surface area contributed by atoms with Gasteiger partial charge in [0, 0.05) is 28.9 Å². The van der Waals surface area contributed by atoms with Gasteiger partial charge in [0.05, 0.1) is 30.1 Å². The summed E-state index contributed by atoms with van der Waals surface area (Å²) in [5.41, 5.74) is 10.5. The molecule has 0 saturated carbocycles. The summed E-state index contributed by atoms with van der Waals surface area (Å²) in [6, 6.07) is 12.7. The van der Waals surface area contributed by atoms with E-state index >= 15 is 0 Å². The largest absolute Gasteiger partial charge is 0.489 e. The van der Waals surface area contributed by atoms with Crippen LogP contribution in [0.3, 0.4) is 0 Å². The highest BCUT2D eigenvalue weighted by atomic mass is 16.5. The van der Waals surface area contributed by atoms with E-state index in [1.165, 1.54) is 5.56 Å². The van der Waals surface area contributed by atoms with Gasteiger partial charge < -0.3 is 20.5 Å². The predicted molar refractivity (Wildman–Crippen MR) is 125 cm³/mol. The zero-order valence-electron chi connectivity index (χ0n) is 17.6. The van der Waals surface area contributed by atoms with Crippen molar-refractivity contribution in [2.75, 3.05) is 13.1 Å². The van der Waals surface area contributed by atoms with Crippen LogP contribution >= 0.6 is 0 Å². The lowest BCUT2D eigenvalue weighted by atomic mass is 9.95. The lowest BCUT2D eigenvalue weighted by Crippen LogP contribution is -2.34. The molecule has 0 unspecified atom stereocenters. The number of H-pyrrole nitrogens is 1. The van der Waals surface area contributed by atoms with E-state index in [0.29, 0.717) is 6.54 Å². The molecule has 2 aliphatic heterocycles. The first-order valence-corrected chi connectivity index (χ1v) is 11.0. The molecular weight excluding hydrogens is 400 g/mol. The third-order valence-corrected chi connectivity index (χ3v) is 6.14. The summed E-state index contributed by atoms with van der Waals surface area (Å²) in [5, 5.41) is 9.13. The van der Waals surface area contributed by atoms with Gasteiger partial charge in [0.15, 0.2) is 0 Å². The van der Waals surface area contributed by atoms with Gasteiger partial charge in [-0.3, -0.25) is 9.97 Å². The number of aromatic nitrogens is 3. The van der Waals surface area contributed by atoms with Gasteiger partial charge in [-0.15, -0.1) is 0 Å². The first-order valence-electron chi connectivity index (χ1n) is 11.0. The molecule has 3 N–H and O–H groups in total. The molecule has 1 fully saturated rings. The first kappa shape index (κ1) is 19.0. The minimum absolute atomic E-state index is 0.248. The van der Waals surface area contributed by atoms with Crippen LogP contribution < -0.4 is 15.5 Å². The van der Waals surface area contributed by atoms with Crippen molar-refractivity contribution >= 4 is 16.6 Å². The molecule has 3 aromatic heterocycles. The SMILES string of the molecule is c1cc2cc(C3=NNCc4ccc(-c5cncc(OC6CCNCC6)c5)cc43)[nH]c2cn1. The average Bonchev–Trinajstić information content (AvgIpc) is 3.28. The molecule has 1 saturated heterocycles. The number of hydrogen-bond acceptors (Lipinski definition) is 6. The number of pyridine rings is 2. The van der Waals surface area contributed by atoms with E-state index in [0.717, 1.165) is 70.7 Å². The second-order valence-corrected chi connectivity index (χ2v) is 8.29. The molecule has 4 aromatic rings. The van der Waals surface area contributed by atoms with Crippen LogP contribution in [0.2, 0.25) is 0 Å². The fraction of sp³-hybridized carbons (Fsp3) is 0.240. The molecule has 0 radical (unpaired) electrons. The Morgan fingerprint density at radius 3 is 2.75 bits per heavy atom. The molecule has 0 bridgehead atoms. The summed E-state index contributed by atoms with van der Waals surface area (Å²) in [5.74, 6) is 0.825. The quantitative estimate of drug-likeness (QED) is 0.466. The van der Waals surface area contributed by atoms with Crippen molar-refractivity contribution in [2.24, 2.45) is 5.10 Å². The van der Waals surface area contributed by atoms with E-state index in [-0.39, 0.29) is 6.10 Å². The summed E-state index contributed by atoms with van der Waals surface area (Å²) in [6.07, 6.45) is 9.64. The zero-order valence-corrected chi connectivity index (χ0v) is 17.6. The van der Waals surface area contributed by atoms with Gasteiger partial charge in [-0.2, -0.15) is 5.10 Å². The van der Waals surface area contributed by atoms with Crippen LogP contribution in [-0.4, -0.2) is 39.9 Å². The molecule has 160 valence electrons. The number of nitrogens with one attached hydrogen (secondary N) is 3. The van der Waals surface area contributed by atoms with Gasteiger partial charge in [-0.05, 0) is 61.3 Å². The lowest BCUT2D eigenvalue weighted by Gasteiger charge is -2.24. The van der Waals surface area contributed by atoms with Crippen molar-refractivity contribution in [1.82, 2.24) is 25.7 Å². The summed E-state index contributed by atoms with van der Waals surface area (Å²) in [6.45, 7) is 2.71. The van der Waals surface area contributed by atoms with Gasteiger partial charge in [0.2, 0.25) is 0 Å². The van der Waals surface area contributed by atoms with Gasteiger partial charge in [-0.25, -0.2) is 0 Å². The highest BCUT2D eigenvalue weighted by molar-refractivity contribution is 6.15. The molecule has 7 heteroatoms. The molecule has 7 nitrogen and oxygen atoms in total. The Hall–Kier alpha value is -3.71. The van der Waals surface area contributed by atoms with Gasteiger partial charge in [0.1, 0.15) is 17.6 Å². The third-order valence-electron chi connectivity index (χ3n) is 6.14. The lowest BCUT2D eigenvalue weighted by molar-refractivity contribution is 0.162. The van der Waals surface area contributed by atoms with Crippen LogP contribution in [0.5, 0.6) is 5.75 Å². The van der Waals surface area contributed by atoms with E-state index in [4.69, 9.17) is 4.74 Å². The standard InChI is InChI=1S/C25H24N6O/c1-2-18-13-29-31-25(23-11-17-3-6-27-15-24(17)30-23)22(18)10-16(1)19-9-21(14-28-12-19)32-20-4-7-26-8-5-20/h1-3,6,9-12,14-15,20,26,29-30H,4-5,7-8,13H2. The fourth-order valence-electron chi connectivity index (χ4n) is 4.45. The monoisotopic (exact) mass is 424 g/mol. The van der Waals surface area contributed by atoms with E-state index in [9.17, 15) is 0 Å². The molecule has 32 heavy (non-hydrogen) atoms. The molecule has 1 aromatic carbocycles. The van der Waals surface area contributed by atoms with E-state index in [2.05, 4.69) is 61.1 Å². The summed E-state index contributed by atoms with van der Waals surface area (Å²) in [4.78, 5) is 12.1. The molecule has 5 heterocycles. The summed E-state index contributed by atoms with van der Waals surface area (Å²) < 4.78 is 6.21. The van der Waals surface area contributed by atoms with E-state index < -0.39 is 0 Å². The summed E-state index contributed by atoms with van der Waals surface area (Å²) >= 11 is 0. The number of fused-ring (bicyclic) bond motifs is 2. The maximum atomic E-state index is 6.21. The van der Waals surface area contributed by atoms with Gasteiger partial charge >= 0.3 is 0 Å². The average molecular weight is 425 g/mol. The number of piperidine rings is 1. The number of hydrazone groups is 1. The van der Waals surface area contributed by atoms with Crippen molar-refractivity contribution < 1.29 is 4.74 Å². The Morgan fingerprint density at radius 1 is 0.906 bits per heavy atom. The van der Waals surface area contributed by atoms with Gasteiger partial charge in [-0.1, -0.05) is 12.1 Å². The zero-order chi connectivity index (χ0) is 21.3. The molecule has 0 spiro atoms. The number of aromatic amines is 1. The van der Waals surface area contributed by atoms with Crippen molar-refractivity contribution in [2.45, 2.75) is 25.5 Å². The first-order chi connectivity index (χ1) is 15.8. The highest BCUT2D eigenvalue weighted by Crippen LogP contribution is 2.29. The van der Waals surface area contributed by atoms with Crippen LogP contribution in [0.25, 0.3) is 22.0 Å². The molecule has 0 atom stereocenters. The fourth-order valence-corrected chi connectivity index (χ4v) is 4.45. The number of rotatable bonds is 4. The van der Waals surface area contributed by atoms with Crippen molar-refractivity contribution in [3.63, 3.8) is 0 Å². The van der Waals surface area contributed by atoms with Crippen molar-refractivity contribution in [1.29, 1.82) is 0 Å². The van der Waals surface area contributed by atoms with Crippen LogP contribution in [0.1, 0.15) is 29.7 Å². The Balaban J connectivity index is 1.34. The van der Waals surface area contributed by atoms with Crippen LogP contribution in [0, 0.1) is 0 Å². The van der Waals surface area contributed by atoms with E-state index in [1.54, 1.807) is 12.4 Å². The highest BCUT2D eigenvalue weighted by Gasteiger charge is 2.19. The number of nitrogens with zero attached hydrogens (tertiary/aromatic N) is 3. The minimum atomic E-state index is 0.248. The molecule has 2 aliphatic rings. The van der Waals surface area contributed by atoms with Crippen molar-refractivity contribution in [3.8, 4) is 16.9 Å². The minimum Gasteiger partial charge on any atom is -0.489 e. The summed E-state index contributed by atoms with van der Waals surface area (Å²) in [7, 11) is 0. The topological polar surface area (TPSA) is 87.2 Å². The Bertz CT molecular complexity index is 1270. The van der Waals surface area contributed by atoms with Crippen LogP contribution in [-0.2, 0) is 6.54 Å². The molecular formula is C25H24N6O. The van der Waals surface area contributed by atoms with E-state index in [1.807, 2.05) is 18.5 Å². The number of ether oxygens (including phenoxy) is 1. The maximum Gasteiger partial charge on any atom is 0.138 e. The predicted octanol–water partition coefficient (Wildman–Crippen LogP) is 3.61. The molecule has 0 amide bonds. The van der Waals surface area contributed by atoms with Crippen LogP contribution in [0.4, 0.5) is 0 Å². The maximum absolute atomic E-state index is 6.21. The van der Waals surface area contributed by atoms with Crippen LogP contribution in [0.15, 0.2) is 66.3 Å². The Morgan fingerprint density at radius 2 is 1.84 bits per heavy atom. The molecule has 0 aliphatic carbocycles. The van der Waals surface area contributed by atoms with Crippen molar-refractivity contribution in [3.05, 3.63) is 78.0 Å².